The average molecular weight is 329 g/mol. The molecule has 0 saturated carbocycles. The fraction of sp³-hybridized carbons (Fsp3) is 0.385. The zero-order valence-electron chi connectivity index (χ0n) is 12.0. The molecule has 0 aromatic heterocycles. The van der Waals surface area contributed by atoms with E-state index in [1.165, 1.54) is 13.1 Å². The van der Waals surface area contributed by atoms with Gasteiger partial charge in [-0.2, -0.15) is 4.31 Å². The summed E-state index contributed by atoms with van der Waals surface area (Å²) in [5.74, 6) is -0.351. The molecule has 0 unspecified atom stereocenters. The Bertz CT molecular complexity index is 629. The number of carbonyl (C=O) groups excluding carboxylic acids is 1. The SMILES string of the molecule is CCCNC(=O)CN(C)S(=O)(=O)c1ccccc1C(N)=S. The highest BCUT2D eigenvalue weighted by molar-refractivity contribution is 7.89. The maximum atomic E-state index is 12.5. The minimum absolute atomic E-state index is 0.00184. The van der Waals surface area contributed by atoms with E-state index >= 15 is 0 Å². The van der Waals surface area contributed by atoms with Gasteiger partial charge in [-0.15, -0.1) is 0 Å². The summed E-state index contributed by atoms with van der Waals surface area (Å²) < 4.78 is 26.0. The quantitative estimate of drug-likeness (QED) is 0.709. The van der Waals surface area contributed by atoms with E-state index in [-0.39, 0.29) is 27.9 Å². The molecule has 0 aliphatic heterocycles. The second-order valence-electron chi connectivity index (χ2n) is 4.47. The van der Waals surface area contributed by atoms with Crippen molar-refractivity contribution in [2.24, 2.45) is 5.73 Å². The molecule has 8 heteroatoms. The molecule has 0 aliphatic carbocycles. The molecule has 0 aliphatic rings. The van der Waals surface area contributed by atoms with Gasteiger partial charge in [0.25, 0.3) is 0 Å². The normalized spacial score (nSPS) is 11.4. The van der Waals surface area contributed by atoms with Gasteiger partial charge in [0.2, 0.25) is 15.9 Å². The van der Waals surface area contributed by atoms with Gasteiger partial charge in [-0.05, 0) is 12.5 Å². The third kappa shape index (κ3) is 4.48. The second-order valence-corrected chi connectivity index (χ2v) is 6.92. The predicted molar refractivity (Wildman–Crippen MR) is 85.4 cm³/mol. The van der Waals surface area contributed by atoms with Crippen LogP contribution in [0.15, 0.2) is 29.2 Å². The molecule has 0 saturated heterocycles. The Morgan fingerprint density at radius 3 is 2.57 bits per heavy atom. The lowest BCUT2D eigenvalue weighted by Crippen LogP contribution is -2.39. The highest BCUT2D eigenvalue weighted by Crippen LogP contribution is 2.19. The van der Waals surface area contributed by atoms with Crippen molar-refractivity contribution >= 4 is 33.1 Å². The number of nitrogens with one attached hydrogen (secondary N) is 1. The van der Waals surface area contributed by atoms with Gasteiger partial charge in [0.15, 0.2) is 0 Å². The van der Waals surface area contributed by atoms with Crippen LogP contribution < -0.4 is 11.1 Å². The number of rotatable bonds is 7. The molecule has 1 rings (SSSR count). The van der Waals surface area contributed by atoms with E-state index in [1.807, 2.05) is 6.92 Å². The Morgan fingerprint density at radius 2 is 2.00 bits per heavy atom. The summed E-state index contributed by atoms with van der Waals surface area (Å²) in [6.07, 6.45) is 0.784. The van der Waals surface area contributed by atoms with Crippen molar-refractivity contribution in [3.05, 3.63) is 29.8 Å². The van der Waals surface area contributed by atoms with E-state index in [0.717, 1.165) is 10.7 Å². The van der Waals surface area contributed by atoms with Crippen LogP contribution in [0.25, 0.3) is 0 Å². The van der Waals surface area contributed by atoms with Gasteiger partial charge in [-0.25, -0.2) is 8.42 Å². The molecule has 1 aromatic rings. The minimum atomic E-state index is -3.83. The molecular weight excluding hydrogens is 310 g/mol. The number of amides is 1. The molecule has 1 aromatic carbocycles. The Hall–Kier alpha value is -1.51. The van der Waals surface area contributed by atoms with Crippen LogP contribution >= 0.6 is 12.2 Å². The van der Waals surface area contributed by atoms with Gasteiger partial charge in [-0.1, -0.05) is 37.3 Å². The number of carbonyl (C=O) groups is 1. The smallest absolute Gasteiger partial charge is 0.243 e. The molecular formula is C13H19N3O3S2. The van der Waals surface area contributed by atoms with Crippen molar-refractivity contribution in [2.75, 3.05) is 20.1 Å². The summed E-state index contributed by atoms with van der Waals surface area (Å²) in [4.78, 5) is 11.6. The van der Waals surface area contributed by atoms with Crippen molar-refractivity contribution in [1.82, 2.24) is 9.62 Å². The van der Waals surface area contributed by atoms with E-state index in [0.29, 0.717) is 6.54 Å². The minimum Gasteiger partial charge on any atom is -0.389 e. The van der Waals surface area contributed by atoms with E-state index in [2.05, 4.69) is 5.32 Å². The third-order valence-corrected chi connectivity index (χ3v) is 4.86. The lowest BCUT2D eigenvalue weighted by molar-refractivity contribution is -0.121. The largest absolute Gasteiger partial charge is 0.389 e. The fourth-order valence-corrected chi connectivity index (χ4v) is 3.24. The number of hydrogen-bond acceptors (Lipinski definition) is 4. The number of likely N-dealkylation sites (N-methyl/N-ethyl adjacent to an activating group) is 1. The first-order valence-corrected chi connectivity index (χ1v) is 8.27. The molecule has 3 N–H and O–H groups in total. The van der Waals surface area contributed by atoms with Gasteiger partial charge in [-0.3, -0.25) is 4.79 Å². The van der Waals surface area contributed by atoms with Crippen molar-refractivity contribution in [3.8, 4) is 0 Å². The highest BCUT2D eigenvalue weighted by atomic mass is 32.2. The lowest BCUT2D eigenvalue weighted by Gasteiger charge is -2.18. The van der Waals surface area contributed by atoms with Gasteiger partial charge in [0.05, 0.1) is 11.4 Å². The first kappa shape index (κ1) is 17.5. The Morgan fingerprint density at radius 1 is 1.38 bits per heavy atom. The molecule has 0 bridgehead atoms. The summed E-state index contributed by atoms with van der Waals surface area (Å²) >= 11 is 4.87. The molecule has 0 spiro atoms. The van der Waals surface area contributed by atoms with Crippen LogP contribution in [0.2, 0.25) is 0 Å². The fourth-order valence-electron chi connectivity index (χ4n) is 1.67. The molecule has 21 heavy (non-hydrogen) atoms. The van der Waals surface area contributed by atoms with Crippen molar-refractivity contribution < 1.29 is 13.2 Å². The van der Waals surface area contributed by atoms with E-state index < -0.39 is 10.0 Å². The highest BCUT2D eigenvalue weighted by Gasteiger charge is 2.25. The maximum absolute atomic E-state index is 12.5. The molecule has 0 heterocycles. The first-order valence-electron chi connectivity index (χ1n) is 6.42. The van der Waals surface area contributed by atoms with Crippen molar-refractivity contribution in [1.29, 1.82) is 0 Å². The summed E-state index contributed by atoms with van der Waals surface area (Å²) in [5.41, 5.74) is 5.82. The maximum Gasteiger partial charge on any atom is 0.243 e. The van der Waals surface area contributed by atoms with Crippen molar-refractivity contribution in [2.45, 2.75) is 18.2 Å². The predicted octanol–water partition coefficient (Wildman–Crippen LogP) is 0.467. The zero-order chi connectivity index (χ0) is 16.0. The molecule has 0 atom stereocenters. The number of benzene rings is 1. The monoisotopic (exact) mass is 329 g/mol. The average Bonchev–Trinajstić information content (AvgIpc) is 2.44. The molecule has 0 radical (unpaired) electrons. The Balaban J connectivity index is 3.01. The zero-order valence-corrected chi connectivity index (χ0v) is 13.6. The van der Waals surface area contributed by atoms with Crippen LogP contribution in [0.3, 0.4) is 0 Å². The van der Waals surface area contributed by atoms with Crippen LogP contribution in [0.4, 0.5) is 0 Å². The molecule has 116 valence electrons. The van der Waals surface area contributed by atoms with Crippen LogP contribution in [-0.2, 0) is 14.8 Å². The van der Waals surface area contributed by atoms with Crippen molar-refractivity contribution in [3.63, 3.8) is 0 Å². The van der Waals surface area contributed by atoms with E-state index in [9.17, 15) is 13.2 Å². The van der Waals surface area contributed by atoms with E-state index in [4.69, 9.17) is 18.0 Å². The summed E-state index contributed by atoms with van der Waals surface area (Å²) in [5, 5.41) is 2.63. The number of sulfonamides is 1. The van der Waals surface area contributed by atoms with Crippen LogP contribution in [0.5, 0.6) is 0 Å². The van der Waals surface area contributed by atoms with E-state index in [1.54, 1.807) is 18.2 Å². The summed E-state index contributed by atoms with van der Waals surface area (Å²) in [6.45, 7) is 2.17. The van der Waals surface area contributed by atoms with Gasteiger partial charge in [0.1, 0.15) is 4.99 Å². The van der Waals surface area contributed by atoms with Gasteiger partial charge < -0.3 is 11.1 Å². The number of nitrogens with zero attached hydrogens (tertiary/aromatic N) is 1. The standard InChI is InChI=1S/C13H19N3O3S2/c1-3-8-15-12(17)9-16(2)21(18,19)11-7-5-4-6-10(11)13(14)20/h4-7H,3,8-9H2,1-2H3,(H2,14,20)(H,15,17). The molecule has 6 nitrogen and oxygen atoms in total. The van der Waals surface area contributed by atoms with Gasteiger partial charge >= 0.3 is 0 Å². The number of nitrogens with two attached hydrogens (primary N) is 1. The first-order chi connectivity index (χ1) is 9.80. The van der Waals surface area contributed by atoms with Gasteiger partial charge in [0, 0.05) is 19.2 Å². The molecule has 1 amide bonds. The summed E-state index contributed by atoms with van der Waals surface area (Å²) in [7, 11) is -2.49. The number of thiocarbonyl (C=S) groups is 1. The van der Waals surface area contributed by atoms with Crippen LogP contribution in [-0.4, -0.2) is 43.8 Å². The van der Waals surface area contributed by atoms with Crippen LogP contribution in [0.1, 0.15) is 18.9 Å². The number of hydrogen-bond donors (Lipinski definition) is 2. The second kappa shape index (κ2) is 7.48. The Kier molecular flexibility index (Phi) is 6.25. The van der Waals surface area contributed by atoms with Crippen LogP contribution in [0, 0.1) is 0 Å². The topological polar surface area (TPSA) is 92.5 Å². The molecule has 0 fully saturated rings. The Labute approximate surface area is 130 Å². The summed E-state index contributed by atoms with van der Waals surface area (Å²) in [6, 6.07) is 6.20. The lowest BCUT2D eigenvalue weighted by atomic mass is 10.2. The third-order valence-electron chi connectivity index (χ3n) is 2.78.